The molecule has 3 rings (SSSR count). The average molecular weight is 374 g/mol. The van der Waals surface area contributed by atoms with Crippen molar-refractivity contribution in [3.63, 3.8) is 0 Å². The molecule has 0 bridgehead atoms. The van der Waals surface area contributed by atoms with E-state index in [-0.39, 0.29) is 29.3 Å². The highest BCUT2D eigenvalue weighted by atomic mass is 35.5. The van der Waals surface area contributed by atoms with Crippen molar-refractivity contribution in [3.05, 3.63) is 77.6 Å². The summed E-state index contributed by atoms with van der Waals surface area (Å²) in [4.78, 5) is 16.1. The van der Waals surface area contributed by atoms with E-state index in [2.05, 4.69) is 10.3 Å². The topological polar surface area (TPSA) is 56.1 Å². The van der Waals surface area contributed by atoms with Crippen LogP contribution in [0, 0.1) is 5.82 Å². The van der Waals surface area contributed by atoms with E-state index in [1.165, 1.54) is 12.1 Å². The first kappa shape index (κ1) is 17.9. The number of aromatic nitrogens is 2. The van der Waals surface area contributed by atoms with Crippen LogP contribution in [0.2, 0.25) is 5.02 Å². The third-order valence-corrected chi connectivity index (χ3v) is 4.12. The minimum atomic E-state index is -0.459. The second-order valence-corrected chi connectivity index (χ2v) is 6.12. The van der Waals surface area contributed by atoms with Gasteiger partial charge >= 0.3 is 0 Å². The number of halogens is 2. The number of benzene rings is 2. The van der Waals surface area contributed by atoms with Gasteiger partial charge in [0.25, 0.3) is 5.91 Å². The van der Waals surface area contributed by atoms with Gasteiger partial charge in [-0.15, -0.1) is 0 Å². The van der Waals surface area contributed by atoms with Crippen molar-refractivity contribution in [2.24, 2.45) is 0 Å². The van der Waals surface area contributed by atoms with Gasteiger partial charge in [0.05, 0.1) is 17.4 Å². The summed E-state index contributed by atoms with van der Waals surface area (Å²) in [6.07, 6.45) is 5.29. The Hall–Kier alpha value is -2.86. The van der Waals surface area contributed by atoms with Crippen LogP contribution in [-0.2, 0) is 4.79 Å². The highest BCUT2D eigenvalue weighted by Crippen LogP contribution is 2.24. The first-order valence-corrected chi connectivity index (χ1v) is 8.36. The Morgan fingerprint density at radius 3 is 2.73 bits per heavy atom. The van der Waals surface area contributed by atoms with Crippen molar-refractivity contribution in [3.8, 4) is 11.4 Å². The zero-order valence-corrected chi connectivity index (χ0v) is 14.8. The number of ether oxygens (including phenoxy) is 1. The SMILES string of the molecule is CC(NC(=O)COc1ccc(F)cc1Cl)c1ccc(-n2ccnc2)cc1. The monoisotopic (exact) mass is 373 g/mol. The lowest BCUT2D eigenvalue weighted by Crippen LogP contribution is -2.31. The predicted octanol–water partition coefficient (Wildman–Crippen LogP) is 3.92. The molecule has 3 aromatic rings. The fourth-order valence-corrected chi connectivity index (χ4v) is 2.67. The normalized spacial score (nSPS) is 11.8. The Kier molecular flexibility index (Phi) is 5.53. The van der Waals surface area contributed by atoms with Gasteiger partial charge in [-0.3, -0.25) is 4.79 Å². The maximum atomic E-state index is 13.0. The van der Waals surface area contributed by atoms with Crippen LogP contribution in [0.3, 0.4) is 0 Å². The summed E-state index contributed by atoms with van der Waals surface area (Å²) in [7, 11) is 0. The fraction of sp³-hybridized carbons (Fsp3) is 0.158. The Bertz CT molecular complexity index is 882. The smallest absolute Gasteiger partial charge is 0.258 e. The van der Waals surface area contributed by atoms with Crippen LogP contribution >= 0.6 is 11.6 Å². The number of carbonyl (C=O) groups excluding carboxylic acids is 1. The number of hydrogen-bond donors (Lipinski definition) is 1. The molecule has 1 atom stereocenters. The summed E-state index contributed by atoms with van der Waals surface area (Å²) < 4.78 is 20.2. The molecule has 0 saturated heterocycles. The Morgan fingerprint density at radius 1 is 1.31 bits per heavy atom. The lowest BCUT2D eigenvalue weighted by molar-refractivity contribution is -0.123. The van der Waals surface area contributed by atoms with E-state index in [9.17, 15) is 9.18 Å². The van der Waals surface area contributed by atoms with E-state index < -0.39 is 5.82 Å². The summed E-state index contributed by atoms with van der Waals surface area (Å²) in [5.41, 5.74) is 1.95. The van der Waals surface area contributed by atoms with Crippen molar-refractivity contribution in [2.45, 2.75) is 13.0 Å². The molecule has 0 spiro atoms. The molecule has 134 valence electrons. The lowest BCUT2D eigenvalue weighted by Gasteiger charge is -2.15. The van der Waals surface area contributed by atoms with Crippen LogP contribution in [0.15, 0.2) is 61.2 Å². The standard InChI is InChI=1S/C19H17ClFN3O2/c1-13(14-2-5-16(6-3-14)24-9-8-22-12-24)23-19(25)11-26-18-7-4-15(21)10-17(18)20/h2-10,12-13H,11H2,1H3,(H,23,25). The largest absolute Gasteiger partial charge is 0.482 e. The van der Waals surface area contributed by atoms with Crippen molar-refractivity contribution in [2.75, 3.05) is 6.61 Å². The van der Waals surface area contributed by atoms with Gasteiger partial charge in [0.15, 0.2) is 6.61 Å². The molecule has 26 heavy (non-hydrogen) atoms. The van der Waals surface area contributed by atoms with E-state index in [1.807, 2.05) is 42.0 Å². The second-order valence-electron chi connectivity index (χ2n) is 5.71. The molecular weight excluding hydrogens is 357 g/mol. The van der Waals surface area contributed by atoms with Crippen LogP contribution < -0.4 is 10.1 Å². The fourth-order valence-electron chi connectivity index (χ4n) is 2.45. The molecule has 1 aromatic heterocycles. The van der Waals surface area contributed by atoms with Gasteiger partial charge in [0, 0.05) is 18.1 Å². The molecule has 1 heterocycles. The van der Waals surface area contributed by atoms with Gasteiger partial charge in [0.1, 0.15) is 11.6 Å². The predicted molar refractivity (Wildman–Crippen MR) is 97.0 cm³/mol. The summed E-state index contributed by atoms with van der Waals surface area (Å²) in [6.45, 7) is 1.68. The van der Waals surface area contributed by atoms with Crippen molar-refractivity contribution in [1.82, 2.24) is 14.9 Å². The second kappa shape index (κ2) is 8.01. The van der Waals surface area contributed by atoms with Crippen LogP contribution in [0.1, 0.15) is 18.5 Å². The van der Waals surface area contributed by atoms with Gasteiger partial charge < -0.3 is 14.6 Å². The first-order chi connectivity index (χ1) is 12.5. The van der Waals surface area contributed by atoms with Crippen LogP contribution in [0.25, 0.3) is 5.69 Å². The van der Waals surface area contributed by atoms with Gasteiger partial charge in [-0.05, 0) is 42.8 Å². The number of nitrogens with zero attached hydrogens (tertiary/aromatic N) is 2. The number of rotatable bonds is 6. The number of amides is 1. The minimum Gasteiger partial charge on any atom is -0.482 e. The number of carbonyl (C=O) groups is 1. The van der Waals surface area contributed by atoms with Crippen LogP contribution in [-0.4, -0.2) is 22.1 Å². The molecule has 7 heteroatoms. The van der Waals surface area contributed by atoms with Crippen molar-refractivity contribution < 1.29 is 13.9 Å². The highest BCUT2D eigenvalue weighted by Gasteiger charge is 2.11. The van der Waals surface area contributed by atoms with E-state index in [0.717, 1.165) is 17.3 Å². The molecule has 5 nitrogen and oxygen atoms in total. The maximum absolute atomic E-state index is 13.0. The average Bonchev–Trinajstić information content (AvgIpc) is 3.16. The van der Waals surface area contributed by atoms with Crippen LogP contribution in [0.4, 0.5) is 4.39 Å². The minimum absolute atomic E-state index is 0.126. The molecule has 0 aliphatic rings. The molecule has 1 N–H and O–H groups in total. The quantitative estimate of drug-likeness (QED) is 0.712. The molecule has 1 amide bonds. The molecule has 1 unspecified atom stereocenters. The first-order valence-electron chi connectivity index (χ1n) is 7.98. The molecule has 0 aliphatic carbocycles. The summed E-state index contributed by atoms with van der Waals surface area (Å²) in [6, 6.07) is 11.4. The molecule has 0 radical (unpaired) electrons. The molecular formula is C19H17ClFN3O2. The Balaban J connectivity index is 1.55. The van der Waals surface area contributed by atoms with Crippen LogP contribution in [0.5, 0.6) is 5.75 Å². The molecule has 0 aliphatic heterocycles. The summed E-state index contributed by atoms with van der Waals surface area (Å²) in [5, 5.41) is 2.98. The lowest BCUT2D eigenvalue weighted by atomic mass is 10.1. The van der Waals surface area contributed by atoms with Gasteiger partial charge in [-0.2, -0.15) is 0 Å². The van der Waals surface area contributed by atoms with Gasteiger partial charge in [-0.1, -0.05) is 23.7 Å². The third-order valence-electron chi connectivity index (χ3n) is 3.83. The molecule has 0 fully saturated rings. The highest BCUT2D eigenvalue weighted by molar-refractivity contribution is 6.32. The van der Waals surface area contributed by atoms with E-state index >= 15 is 0 Å². The van der Waals surface area contributed by atoms with E-state index in [1.54, 1.807) is 12.5 Å². The number of imidazole rings is 1. The maximum Gasteiger partial charge on any atom is 0.258 e. The molecule has 2 aromatic carbocycles. The van der Waals surface area contributed by atoms with E-state index in [0.29, 0.717) is 0 Å². The summed E-state index contributed by atoms with van der Waals surface area (Å²) >= 11 is 5.87. The zero-order chi connectivity index (χ0) is 18.5. The Morgan fingerprint density at radius 2 is 2.08 bits per heavy atom. The number of hydrogen-bond acceptors (Lipinski definition) is 3. The molecule has 0 saturated carbocycles. The third kappa shape index (κ3) is 4.40. The van der Waals surface area contributed by atoms with Crippen molar-refractivity contribution >= 4 is 17.5 Å². The van der Waals surface area contributed by atoms with Gasteiger partial charge in [0.2, 0.25) is 0 Å². The van der Waals surface area contributed by atoms with Gasteiger partial charge in [-0.25, -0.2) is 9.37 Å². The van der Waals surface area contributed by atoms with Crippen molar-refractivity contribution in [1.29, 1.82) is 0 Å². The summed E-state index contributed by atoms with van der Waals surface area (Å²) in [5.74, 6) is -0.489. The van der Waals surface area contributed by atoms with E-state index in [4.69, 9.17) is 16.3 Å². The Labute approximate surface area is 155 Å². The number of nitrogens with one attached hydrogen (secondary N) is 1. The zero-order valence-electron chi connectivity index (χ0n) is 14.0.